The number of rotatable bonds is 5. The Morgan fingerprint density at radius 3 is 2.52 bits per heavy atom. The van der Waals surface area contributed by atoms with Crippen LogP contribution < -0.4 is 16.4 Å². The van der Waals surface area contributed by atoms with Crippen LogP contribution in [0.15, 0.2) is 35.1 Å². The number of urea groups is 1. The van der Waals surface area contributed by atoms with Gasteiger partial charge in [0.25, 0.3) is 0 Å². The van der Waals surface area contributed by atoms with Crippen LogP contribution in [0.3, 0.4) is 0 Å². The first kappa shape index (κ1) is 26.1. The summed E-state index contributed by atoms with van der Waals surface area (Å²) in [5, 5.41) is 14.5. The van der Waals surface area contributed by atoms with E-state index < -0.39 is 11.8 Å². The molecule has 6 rings (SSSR count). The number of nitrogens with two attached hydrogens (primary N) is 1. The number of piperidine rings is 1. The molecule has 4 aromatic rings. The van der Waals surface area contributed by atoms with Crippen molar-refractivity contribution in [2.24, 2.45) is 0 Å². The molecular weight excluding hydrogens is 517 g/mol. The van der Waals surface area contributed by atoms with Gasteiger partial charge in [-0.05, 0) is 25.0 Å². The van der Waals surface area contributed by atoms with E-state index in [4.69, 9.17) is 20.1 Å². The molecule has 2 amide bonds. The monoisotopic (exact) mass is 549 g/mol. The van der Waals surface area contributed by atoms with E-state index in [0.29, 0.717) is 34.0 Å². The van der Waals surface area contributed by atoms with Crippen LogP contribution in [0, 0.1) is 5.82 Å². The number of carbonyl (C=O) groups is 1. The summed E-state index contributed by atoms with van der Waals surface area (Å²) in [7, 11) is 0. The summed E-state index contributed by atoms with van der Waals surface area (Å²) in [6, 6.07) is 6.09. The Hall–Kier alpha value is -4.10. The van der Waals surface area contributed by atoms with Crippen molar-refractivity contribution in [3.05, 3.63) is 42.1 Å². The van der Waals surface area contributed by atoms with E-state index in [-0.39, 0.29) is 28.8 Å². The van der Waals surface area contributed by atoms with E-state index in [9.17, 15) is 4.79 Å². The summed E-state index contributed by atoms with van der Waals surface area (Å²) < 4.78 is 27.7. The fourth-order valence-corrected chi connectivity index (χ4v) is 5.10. The molecule has 1 aromatic carbocycles. The fraction of sp³-hybridized carbons (Fsp3) is 0.444. The van der Waals surface area contributed by atoms with E-state index >= 15 is 4.39 Å². The van der Waals surface area contributed by atoms with E-state index in [1.807, 2.05) is 25.5 Å². The van der Waals surface area contributed by atoms with Crippen LogP contribution in [0.25, 0.3) is 22.3 Å². The zero-order chi connectivity index (χ0) is 28.0. The SMILES string of the molecule is CC(C)(C)c1cc(NC(=O)Nc2ccc(-c3nn(C4CCN(C5COC5)CC4)c4ncnc(N)c34)cc2F)on1. The van der Waals surface area contributed by atoms with Crippen molar-refractivity contribution in [3.8, 4) is 11.3 Å². The van der Waals surface area contributed by atoms with Crippen molar-refractivity contribution >= 4 is 34.5 Å². The van der Waals surface area contributed by atoms with E-state index in [1.165, 1.54) is 18.5 Å². The Morgan fingerprint density at radius 2 is 1.88 bits per heavy atom. The fourth-order valence-electron chi connectivity index (χ4n) is 5.10. The van der Waals surface area contributed by atoms with Gasteiger partial charge in [0.2, 0.25) is 5.88 Å². The van der Waals surface area contributed by atoms with Crippen LogP contribution >= 0.6 is 0 Å². The molecule has 4 N–H and O–H groups in total. The van der Waals surface area contributed by atoms with Gasteiger partial charge in [0.05, 0.1) is 42.1 Å². The molecule has 5 heterocycles. The number of carbonyl (C=O) groups excluding carboxylic acids is 1. The molecule has 2 aliphatic rings. The Bertz CT molecular complexity index is 1550. The molecule has 0 atom stereocenters. The predicted octanol–water partition coefficient (Wildman–Crippen LogP) is 4.18. The Balaban J connectivity index is 1.22. The first-order valence-corrected chi connectivity index (χ1v) is 13.3. The minimum atomic E-state index is -0.657. The maximum Gasteiger partial charge on any atom is 0.326 e. The number of benzene rings is 1. The van der Waals surface area contributed by atoms with Gasteiger partial charge in [-0.25, -0.2) is 23.8 Å². The number of amides is 2. The second kappa shape index (κ2) is 10.1. The maximum atomic E-state index is 15.2. The minimum absolute atomic E-state index is 0.00267. The smallest absolute Gasteiger partial charge is 0.326 e. The van der Waals surface area contributed by atoms with Gasteiger partial charge in [-0.1, -0.05) is 32.0 Å². The topological polar surface area (TPSA) is 149 Å². The molecule has 0 bridgehead atoms. The number of anilines is 3. The van der Waals surface area contributed by atoms with Crippen molar-refractivity contribution in [3.63, 3.8) is 0 Å². The van der Waals surface area contributed by atoms with Crippen LogP contribution in [0.5, 0.6) is 0 Å². The highest BCUT2D eigenvalue weighted by atomic mass is 19.1. The molecule has 2 saturated heterocycles. The second-order valence-corrected chi connectivity index (χ2v) is 11.3. The third-order valence-corrected chi connectivity index (χ3v) is 7.51. The standard InChI is InChI=1S/C27H32FN9O3/c1-27(2,3)20-11-21(40-35-20)33-26(38)32-19-5-4-15(10-18(19)28)23-22-24(29)30-14-31-25(22)37(34-23)16-6-8-36(9-7-16)17-12-39-13-17/h4-5,10-11,14,16-17H,6-9,12-13H2,1-3H3,(H2,29,30,31)(H2,32,33,38). The molecule has 2 aliphatic heterocycles. The quantitative estimate of drug-likeness (QED) is 0.333. The average molecular weight is 550 g/mol. The van der Waals surface area contributed by atoms with E-state index in [2.05, 4.69) is 30.7 Å². The summed E-state index contributed by atoms with van der Waals surface area (Å²) in [5.74, 6) is -0.187. The number of nitrogens with one attached hydrogen (secondary N) is 2. The molecule has 2 fully saturated rings. The minimum Gasteiger partial charge on any atom is -0.383 e. The number of hydrogen-bond donors (Lipinski definition) is 3. The number of hydrogen-bond acceptors (Lipinski definition) is 9. The average Bonchev–Trinajstić information content (AvgIpc) is 3.51. The van der Waals surface area contributed by atoms with Crippen molar-refractivity contribution in [1.82, 2.24) is 29.8 Å². The predicted molar refractivity (Wildman–Crippen MR) is 147 cm³/mol. The maximum absolute atomic E-state index is 15.2. The van der Waals surface area contributed by atoms with Crippen molar-refractivity contribution < 1.29 is 18.4 Å². The summed E-state index contributed by atoms with van der Waals surface area (Å²) >= 11 is 0. The van der Waals surface area contributed by atoms with Crippen LogP contribution in [0.2, 0.25) is 0 Å². The van der Waals surface area contributed by atoms with Crippen LogP contribution in [-0.4, -0.2) is 68.2 Å². The van der Waals surface area contributed by atoms with Crippen molar-refractivity contribution in [2.75, 3.05) is 42.7 Å². The molecule has 0 saturated carbocycles. The zero-order valence-electron chi connectivity index (χ0n) is 22.6. The lowest BCUT2D eigenvalue weighted by atomic mass is 9.92. The summed E-state index contributed by atoms with van der Waals surface area (Å²) in [5.41, 5.74) is 8.32. The molecule has 3 aromatic heterocycles. The van der Waals surface area contributed by atoms with Gasteiger partial charge in [0.1, 0.15) is 23.7 Å². The van der Waals surface area contributed by atoms with Gasteiger partial charge in [-0.3, -0.25) is 10.2 Å². The molecule has 40 heavy (non-hydrogen) atoms. The second-order valence-electron chi connectivity index (χ2n) is 11.3. The van der Waals surface area contributed by atoms with Crippen molar-refractivity contribution in [1.29, 1.82) is 0 Å². The molecule has 0 radical (unpaired) electrons. The van der Waals surface area contributed by atoms with Gasteiger partial charge < -0.3 is 20.3 Å². The molecule has 0 spiro atoms. The number of fused-ring (bicyclic) bond motifs is 1. The number of ether oxygens (including phenoxy) is 1. The first-order valence-electron chi connectivity index (χ1n) is 13.3. The Labute approximate surface area is 230 Å². The lowest BCUT2D eigenvalue weighted by molar-refractivity contribution is -0.0733. The van der Waals surface area contributed by atoms with Crippen LogP contribution in [-0.2, 0) is 10.2 Å². The van der Waals surface area contributed by atoms with Crippen LogP contribution in [0.1, 0.15) is 45.3 Å². The molecule has 12 nitrogen and oxygen atoms in total. The largest absolute Gasteiger partial charge is 0.383 e. The van der Waals surface area contributed by atoms with Crippen LogP contribution in [0.4, 0.5) is 26.6 Å². The highest BCUT2D eigenvalue weighted by molar-refractivity contribution is 6.00. The third kappa shape index (κ3) is 4.97. The number of nitrogens with zero attached hydrogens (tertiary/aromatic N) is 6. The normalized spacial score (nSPS) is 17.2. The summed E-state index contributed by atoms with van der Waals surface area (Å²) in [6.45, 7) is 9.40. The zero-order valence-corrected chi connectivity index (χ0v) is 22.6. The Kier molecular flexibility index (Phi) is 6.62. The lowest BCUT2D eigenvalue weighted by Gasteiger charge is -2.41. The number of aromatic nitrogens is 5. The van der Waals surface area contributed by atoms with E-state index in [1.54, 1.807) is 12.1 Å². The van der Waals surface area contributed by atoms with Gasteiger partial charge >= 0.3 is 6.03 Å². The van der Waals surface area contributed by atoms with Gasteiger partial charge in [-0.15, -0.1) is 0 Å². The molecule has 0 unspecified atom stereocenters. The molecule has 210 valence electrons. The van der Waals surface area contributed by atoms with E-state index in [0.717, 1.165) is 39.1 Å². The Morgan fingerprint density at radius 1 is 1.10 bits per heavy atom. The number of halogens is 1. The van der Waals surface area contributed by atoms with Gasteiger partial charge in [0, 0.05) is 30.1 Å². The number of nitrogen functional groups attached to an aromatic ring is 1. The lowest BCUT2D eigenvalue weighted by Crippen LogP contribution is -2.51. The first-order chi connectivity index (χ1) is 19.2. The summed E-state index contributed by atoms with van der Waals surface area (Å²) in [4.78, 5) is 23.6. The molecule has 0 aliphatic carbocycles. The number of likely N-dealkylation sites (tertiary alicyclic amines) is 1. The summed E-state index contributed by atoms with van der Waals surface area (Å²) in [6.07, 6.45) is 3.24. The third-order valence-electron chi connectivity index (χ3n) is 7.51. The molecular formula is C27H32FN9O3. The highest BCUT2D eigenvalue weighted by Gasteiger charge is 2.32. The van der Waals surface area contributed by atoms with Gasteiger partial charge in [-0.2, -0.15) is 5.10 Å². The van der Waals surface area contributed by atoms with Gasteiger partial charge in [0.15, 0.2) is 5.65 Å². The highest BCUT2D eigenvalue weighted by Crippen LogP contribution is 2.35. The van der Waals surface area contributed by atoms with Crippen molar-refractivity contribution in [2.45, 2.75) is 51.1 Å². The molecule has 13 heteroatoms.